The predicted octanol–water partition coefficient (Wildman–Crippen LogP) is 1.60. The Labute approximate surface area is 156 Å². The summed E-state index contributed by atoms with van der Waals surface area (Å²) in [6, 6.07) is -0.526. The van der Waals surface area contributed by atoms with Crippen LogP contribution in [-0.4, -0.2) is 29.1 Å². The first kappa shape index (κ1) is 20.1. The van der Waals surface area contributed by atoms with Crippen LogP contribution in [0.4, 0.5) is 0 Å². The Kier molecular flexibility index (Phi) is 9.28. The Morgan fingerprint density at radius 3 is 2.30 bits per heavy atom. The summed E-state index contributed by atoms with van der Waals surface area (Å²) in [5, 5.41) is 9.15. The number of guanidine groups is 1. The van der Waals surface area contributed by atoms with Gasteiger partial charge in [-0.05, 0) is 18.8 Å². The Balaban J connectivity index is 0.00000361. The minimum absolute atomic E-state index is 0. The molecule has 20 heavy (non-hydrogen) atoms. The van der Waals surface area contributed by atoms with E-state index in [4.69, 9.17) is 22.3 Å². The van der Waals surface area contributed by atoms with Crippen LogP contribution in [0.2, 0.25) is 0 Å². The van der Waals surface area contributed by atoms with Gasteiger partial charge in [-0.3, -0.25) is 9.79 Å². The van der Waals surface area contributed by atoms with Crippen molar-refractivity contribution in [3.8, 4) is 0 Å². The number of carboxylic acids is 1. The van der Waals surface area contributed by atoms with Gasteiger partial charge in [0, 0.05) is 44.1 Å². The van der Waals surface area contributed by atoms with Crippen molar-refractivity contribution in [3.63, 3.8) is 0 Å². The van der Waals surface area contributed by atoms with E-state index in [9.17, 15) is 4.79 Å². The molecule has 0 heterocycles. The summed E-state index contributed by atoms with van der Waals surface area (Å²) in [4.78, 5) is 15.3. The number of aliphatic imine (C=N–C) groups is 1. The van der Waals surface area contributed by atoms with Crippen LogP contribution in [0.3, 0.4) is 0 Å². The van der Waals surface area contributed by atoms with Crippen LogP contribution in [0.25, 0.3) is 5.73 Å². The number of nitrogens with zero attached hydrogens (tertiary/aromatic N) is 1. The number of hydrogen-bond acceptors (Lipinski definition) is 2. The number of nitrogens with two attached hydrogens (primary N) is 2. The van der Waals surface area contributed by atoms with E-state index in [1.54, 1.807) is 0 Å². The number of nitrogens with one attached hydrogen (secondary N) is 1. The first-order chi connectivity index (χ1) is 8.90. The van der Waals surface area contributed by atoms with Crippen molar-refractivity contribution in [2.45, 2.75) is 51.6 Å². The van der Waals surface area contributed by atoms with Gasteiger partial charge < -0.3 is 22.3 Å². The van der Waals surface area contributed by atoms with Gasteiger partial charge in [-0.1, -0.05) is 32.6 Å². The second-order valence-corrected chi connectivity index (χ2v) is 5.39. The summed E-state index contributed by atoms with van der Waals surface area (Å²) in [6.07, 6.45) is 2.79. The molecule has 0 bridgehead atoms. The van der Waals surface area contributed by atoms with Crippen LogP contribution in [0, 0.1) is 61.8 Å². The topological polar surface area (TPSA) is 126 Å². The molecule has 1 aliphatic carbocycles. The molecule has 7 heteroatoms. The standard InChI is InChI=1S/C13H25N4O2.Ac/c1-3-7(4-2)11(14)9-5-8(12(18)19)6-10(9)17-13(15)16;/h7-11,14H,3-6H2,1-2H3,(H,18,19)(H4,15,16,17);/q-1;/t8-,9-,10-,11?;/m1./s1. The minimum atomic E-state index is -0.810. The van der Waals surface area contributed by atoms with Gasteiger partial charge in [0.1, 0.15) is 0 Å². The summed E-state index contributed by atoms with van der Waals surface area (Å²) < 4.78 is 0. The molecule has 0 saturated heterocycles. The number of rotatable bonds is 6. The van der Waals surface area contributed by atoms with Gasteiger partial charge in [0.25, 0.3) is 0 Å². The molecule has 1 unspecified atom stereocenters. The van der Waals surface area contributed by atoms with E-state index in [1.165, 1.54) is 0 Å². The second kappa shape index (κ2) is 9.22. The zero-order valence-corrected chi connectivity index (χ0v) is 17.0. The summed E-state index contributed by atoms with van der Waals surface area (Å²) in [5.41, 5.74) is 19.2. The number of hydrogen-bond donors (Lipinski definition) is 3. The molecule has 4 atom stereocenters. The molecule has 1 aliphatic rings. The van der Waals surface area contributed by atoms with Gasteiger partial charge in [0.2, 0.25) is 0 Å². The molecule has 1 rings (SSSR count). The van der Waals surface area contributed by atoms with Crippen molar-refractivity contribution in [1.29, 1.82) is 0 Å². The van der Waals surface area contributed by atoms with Crippen LogP contribution >= 0.6 is 0 Å². The third-order valence-corrected chi connectivity index (χ3v) is 4.26. The first-order valence-electron chi connectivity index (χ1n) is 6.93. The average molecular weight is 496 g/mol. The maximum atomic E-state index is 11.1. The maximum Gasteiger partial charge on any atom is 0.306 e. The predicted molar refractivity (Wildman–Crippen MR) is 75.6 cm³/mol. The Morgan fingerprint density at radius 1 is 1.35 bits per heavy atom. The van der Waals surface area contributed by atoms with Crippen molar-refractivity contribution < 1.29 is 54.0 Å². The van der Waals surface area contributed by atoms with Gasteiger partial charge in [0.05, 0.1) is 12.0 Å². The molecule has 0 aliphatic heterocycles. The SMILES string of the molecule is CCC(CC)C([NH-])[C@@H]1C[C@@H](C(=O)O)C[C@H]1N=C(N)N.[Ac]. The zero-order chi connectivity index (χ0) is 14.6. The molecular weight excluding hydrogens is 471 g/mol. The molecule has 0 amide bonds. The fraction of sp³-hybridized carbons (Fsp3) is 0.846. The van der Waals surface area contributed by atoms with Crippen molar-refractivity contribution >= 4 is 11.9 Å². The Morgan fingerprint density at radius 2 is 1.90 bits per heavy atom. The fourth-order valence-electron chi connectivity index (χ4n) is 3.12. The maximum absolute atomic E-state index is 11.1. The van der Waals surface area contributed by atoms with Gasteiger partial charge in [-0.25, -0.2) is 0 Å². The molecule has 1 saturated carbocycles. The third-order valence-electron chi connectivity index (χ3n) is 4.26. The number of carbonyl (C=O) groups is 1. The molecule has 0 spiro atoms. The number of carboxylic acid groups (broad SMARTS) is 1. The molecule has 0 aromatic carbocycles. The van der Waals surface area contributed by atoms with E-state index in [-0.39, 0.29) is 73.9 Å². The molecule has 6 N–H and O–H groups in total. The van der Waals surface area contributed by atoms with Crippen LogP contribution in [0.1, 0.15) is 39.5 Å². The third kappa shape index (κ3) is 5.16. The quantitative estimate of drug-likeness (QED) is 0.382. The molecule has 6 nitrogen and oxygen atoms in total. The van der Waals surface area contributed by atoms with E-state index in [2.05, 4.69) is 18.8 Å². The normalized spacial score (nSPS) is 26.9. The molecule has 0 aromatic heterocycles. The Bertz CT molecular complexity index is 343. The summed E-state index contributed by atoms with van der Waals surface area (Å²) in [5.74, 6) is -1.05. The minimum Gasteiger partial charge on any atom is -0.674 e. The molecule has 1 radical (unpaired) electrons. The monoisotopic (exact) mass is 496 g/mol. The molecule has 0 aromatic rings. The fourth-order valence-corrected chi connectivity index (χ4v) is 3.12. The second-order valence-electron chi connectivity index (χ2n) is 5.39. The number of aliphatic carboxylic acids is 1. The van der Waals surface area contributed by atoms with E-state index in [1.807, 2.05) is 0 Å². The van der Waals surface area contributed by atoms with Gasteiger partial charge >= 0.3 is 5.97 Å². The van der Waals surface area contributed by atoms with Crippen molar-refractivity contribution in [2.75, 3.05) is 0 Å². The van der Waals surface area contributed by atoms with Gasteiger partial charge in [-0.15, -0.1) is 6.04 Å². The molecule has 113 valence electrons. The largest absolute Gasteiger partial charge is 0.674 e. The van der Waals surface area contributed by atoms with Crippen molar-refractivity contribution in [2.24, 2.45) is 34.2 Å². The molecule has 1 fully saturated rings. The van der Waals surface area contributed by atoms with E-state index >= 15 is 0 Å². The summed E-state index contributed by atoms with van der Waals surface area (Å²) in [6.45, 7) is 4.13. The van der Waals surface area contributed by atoms with E-state index in [0.29, 0.717) is 12.8 Å². The zero-order valence-electron chi connectivity index (χ0n) is 12.2. The summed E-state index contributed by atoms with van der Waals surface area (Å²) in [7, 11) is 0. The van der Waals surface area contributed by atoms with Gasteiger partial charge in [0.15, 0.2) is 5.96 Å². The summed E-state index contributed by atoms with van der Waals surface area (Å²) >= 11 is 0. The Hall–Kier alpha value is 0.142. The van der Waals surface area contributed by atoms with Crippen LogP contribution in [-0.2, 0) is 4.79 Å². The van der Waals surface area contributed by atoms with Crippen molar-refractivity contribution in [1.82, 2.24) is 0 Å². The smallest absolute Gasteiger partial charge is 0.306 e. The van der Waals surface area contributed by atoms with Crippen molar-refractivity contribution in [3.05, 3.63) is 5.73 Å². The first-order valence-corrected chi connectivity index (χ1v) is 6.93. The van der Waals surface area contributed by atoms with E-state index in [0.717, 1.165) is 12.8 Å². The van der Waals surface area contributed by atoms with E-state index < -0.39 is 11.9 Å². The average Bonchev–Trinajstić information content (AvgIpc) is 2.73. The van der Waals surface area contributed by atoms with Crippen LogP contribution in [0.15, 0.2) is 4.99 Å². The molecular formula is C13H25AcN4O2-. The van der Waals surface area contributed by atoms with Crippen LogP contribution in [0.5, 0.6) is 0 Å². The van der Waals surface area contributed by atoms with Gasteiger partial charge in [-0.2, -0.15) is 0 Å². The van der Waals surface area contributed by atoms with Crippen LogP contribution < -0.4 is 11.5 Å².